The number of benzene rings is 1. The van der Waals surface area contributed by atoms with Crippen molar-refractivity contribution in [3.63, 3.8) is 0 Å². The lowest BCUT2D eigenvalue weighted by Gasteiger charge is -2.15. The van der Waals surface area contributed by atoms with Gasteiger partial charge in [0, 0.05) is 24.8 Å². The zero-order valence-corrected chi connectivity index (χ0v) is 15.1. The van der Waals surface area contributed by atoms with Crippen LogP contribution in [0.5, 0.6) is 11.5 Å². The predicted octanol–water partition coefficient (Wildman–Crippen LogP) is 3.60. The van der Waals surface area contributed by atoms with Crippen molar-refractivity contribution >= 4 is 28.8 Å². The summed E-state index contributed by atoms with van der Waals surface area (Å²) < 4.78 is 34.6. The van der Waals surface area contributed by atoms with E-state index in [1.165, 1.54) is 11.4 Å². The molecule has 2 amide bonds. The first-order valence-electron chi connectivity index (χ1n) is 8.37. The molecule has 1 aliphatic heterocycles. The molecule has 3 rings (SSSR count). The summed E-state index contributed by atoms with van der Waals surface area (Å²) in [5.74, 6) is -0.382. The fraction of sp³-hybridized carbons (Fsp3) is 0.333. The van der Waals surface area contributed by atoms with Crippen LogP contribution in [-0.4, -0.2) is 43.0 Å². The maximum atomic E-state index is 12.4. The van der Waals surface area contributed by atoms with E-state index < -0.39 is 12.5 Å². The van der Waals surface area contributed by atoms with Gasteiger partial charge in [-0.05, 0) is 36.4 Å². The van der Waals surface area contributed by atoms with Gasteiger partial charge in [0.1, 0.15) is 16.4 Å². The zero-order chi connectivity index (χ0) is 19.2. The molecule has 9 heteroatoms. The molecule has 0 radical (unpaired) electrons. The Morgan fingerprint density at radius 2 is 2.00 bits per heavy atom. The molecule has 1 N–H and O–H groups in total. The number of rotatable bonds is 7. The van der Waals surface area contributed by atoms with Crippen molar-refractivity contribution < 1.29 is 27.8 Å². The number of hydrogen-bond donors (Lipinski definition) is 1. The smallest absolute Gasteiger partial charge is 0.387 e. The molecule has 6 nitrogen and oxygen atoms in total. The molecule has 0 spiro atoms. The van der Waals surface area contributed by atoms with Crippen LogP contribution in [-0.2, 0) is 4.79 Å². The molecule has 1 fully saturated rings. The molecule has 0 atom stereocenters. The number of carbonyl (C=O) groups excluding carboxylic acids is 2. The predicted molar refractivity (Wildman–Crippen MR) is 96.7 cm³/mol. The Morgan fingerprint density at radius 1 is 1.22 bits per heavy atom. The number of hydrogen-bond acceptors (Lipinski definition) is 5. The molecule has 0 unspecified atom stereocenters. The number of carbonyl (C=O) groups is 2. The average Bonchev–Trinajstić information content (AvgIpc) is 3.31. The van der Waals surface area contributed by atoms with E-state index in [-0.39, 0.29) is 23.1 Å². The summed E-state index contributed by atoms with van der Waals surface area (Å²) in [4.78, 5) is 26.1. The number of ether oxygens (including phenoxy) is 2. The Kier molecular flexibility index (Phi) is 6.23. The highest BCUT2D eigenvalue weighted by atomic mass is 32.1. The van der Waals surface area contributed by atoms with Crippen LogP contribution in [0.1, 0.15) is 22.5 Å². The van der Waals surface area contributed by atoms with Crippen LogP contribution < -0.4 is 14.8 Å². The Hall–Kier alpha value is -2.68. The number of amides is 2. The highest BCUT2D eigenvalue weighted by Crippen LogP contribution is 2.28. The lowest BCUT2D eigenvalue weighted by atomic mass is 10.3. The summed E-state index contributed by atoms with van der Waals surface area (Å²) in [5.41, 5.74) is 0.419. The quantitative estimate of drug-likeness (QED) is 0.777. The minimum absolute atomic E-state index is 0.0471. The first kappa shape index (κ1) is 19.1. The van der Waals surface area contributed by atoms with Gasteiger partial charge in [0.05, 0.1) is 0 Å². The van der Waals surface area contributed by atoms with Gasteiger partial charge in [-0.25, -0.2) is 0 Å². The normalized spacial score (nSPS) is 13.7. The van der Waals surface area contributed by atoms with Crippen molar-refractivity contribution in [3.05, 3.63) is 40.6 Å². The lowest BCUT2D eigenvalue weighted by molar-refractivity contribution is -0.132. The number of nitrogens with one attached hydrogen (secondary N) is 1. The second-order valence-electron chi connectivity index (χ2n) is 5.85. The number of alkyl halides is 2. The van der Waals surface area contributed by atoms with E-state index in [0.29, 0.717) is 11.4 Å². The molecule has 2 aromatic rings. The Balaban J connectivity index is 1.59. The molecule has 0 saturated carbocycles. The van der Waals surface area contributed by atoms with Crippen LogP contribution in [0.2, 0.25) is 0 Å². The van der Waals surface area contributed by atoms with Crippen LogP contribution in [0.25, 0.3) is 0 Å². The van der Waals surface area contributed by atoms with Crippen LogP contribution in [0.3, 0.4) is 0 Å². The molecule has 144 valence electrons. The Morgan fingerprint density at radius 3 is 2.74 bits per heavy atom. The van der Waals surface area contributed by atoms with Gasteiger partial charge < -0.3 is 19.7 Å². The van der Waals surface area contributed by atoms with E-state index in [1.807, 2.05) is 0 Å². The molecule has 0 aliphatic carbocycles. The molecule has 27 heavy (non-hydrogen) atoms. The molecular weight excluding hydrogens is 378 g/mol. The zero-order valence-electron chi connectivity index (χ0n) is 14.3. The van der Waals surface area contributed by atoms with Crippen molar-refractivity contribution in [1.29, 1.82) is 0 Å². The van der Waals surface area contributed by atoms with Crippen LogP contribution in [0.15, 0.2) is 35.7 Å². The minimum atomic E-state index is -3.00. The summed E-state index contributed by atoms with van der Waals surface area (Å²) >= 11 is 1.000. The van der Waals surface area contributed by atoms with Gasteiger partial charge in [-0.3, -0.25) is 9.59 Å². The van der Waals surface area contributed by atoms with E-state index >= 15 is 0 Å². The summed E-state index contributed by atoms with van der Waals surface area (Å²) in [6.45, 7) is -1.57. The number of nitrogens with zero attached hydrogens (tertiary/aromatic N) is 1. The third-order valence-electron chi connectivity index (χ3n) is 3.96. The lowest BCUT2D eigenvalue weighted by Crippen LogP contribution is -2.32. The van der Waals surface area contributed by atoms with Gasteiger partial charge >= 0.3 is 6.61 Å². The Labute approximate surface area is 158 Å². The van der Waals surface area contributed by atoms with E-state index in [2.05, 4.69) is 10.1 Å². The number of likely N-dealkylation sites (tertiary alicyclic amines) is 1. The van der Waals surface area contributed by atoms with Gasteiger partial charge in [0.2, 0.25) is 0 Å². The van der Waals surface area contributed by atoms with E-state index in [4.69, 9.17) is 4.74 Å². The molecule has 1 saturated heterocycles. The maximum absolute atomic E-state index is 12.4. The number of halogens is 2. The van der Waals surface area contributed by atoms with Gasteiger partial charge in [-0.2, -0.15) is 8.78 Å². The topological polar surface area (TPSA) is 67.9 Å². The maximum Gasteiger partial charge on any atom is 0.387 e. The van der Waals surface area contributed by atoms with Crippen LogP contribution >= 0.6 is 11.3 Å². The van der Waals surface area contributed by atoms with Crippen LogP contribution in [0.4, 0.5) is 14.5 Å². The second kappa shape index (κ2) is 8.81. The summed E-state index contributed by atoms with van der Waals surface area (Å²) in [6, 6.07) is 7.85. The van der Waals surface area contributed by atoms with Crippen molar-refractivity contribution in [3.8, 4) is 11.5 Å². The minimum Gasteiger partial charge on any atom is -0.484 e. The van der Waals surface area contributed by atoms with Crippen LogP contribution in [0, 0.1) is 0 Å². The van der Waals surface area contributed by atoms with E-state index in [1.54, 1.807) is 29.2 Å². The standard InChI is InChI=1S/C18H18F2N2O4S/c19-18(20)26-14-6-9-27-16(14)17(24)21-12-4-3-5-13(10-12)25-11-15(23)22-7-1-2-8-22/h3-6,9-10,18H,1-2,7-8,11H2,(H,21,24). The van der Waals surface area contributed by atoms with Gasteiger partial charge in [-0.15, -0.1) is 11.3 Å². The second-order valence-corrected chi connectivity index (χ2v) is 6.77. The number of anilines is 1. The highest BCUT2D eigenvalue weighted by molar-refractivity contribution is 7.12. The molecule has 1 aromatic carbocycles. The van der Waals surface area contributed by atoms with E-state index in [9.17, 15) is 18.4 Å². The molecule has 2 heterocycles. The van der Waals surface area contributed by atoms with E-state index in [0.717, 1.165) is 37.3 Å². The number of thiophene rings is 1. The molecular formula is C18H18F2N2O4S. The van der Waals surface area contributed by atoms with Gasteiger partial charge in [0.25, 0.3) is 11.8 Å². The fourth-order valence-corrected chi connectivity index (χ4v) is 3.42. The third-order valence-corrected chi connectivity index (χ3v) is 4.86. The van der Waals surface area contributed by atoms with Crippen molar-refractivity contribution in [2.75, 3.05) is 25.0 Å². The highest BCUT2D eigenvalue weighted by Gasteiger charge is 2.19. The first-order chi connectivity index (χ1) is 13.0. The summed E-state index contributed by atoms with van der Waals surface area (Å²) in [7, 11) is 0. The van der Waals surface area contributed by atoms with Gasteiger partial charge in [0.15, 0.2) is 6.61 Å². The average molecular weight is 396 g/mol. The fourth-order valence-electron chi connectivity index (χ4n) is 2.71. The monoisotopic (exact) mass is 396 g/mol. The van der Waals surface area contributed by atoms with Crippen molar-refractivity contribution in [1.82, 2.24) is 4.90 Å². The van der Waals surface area contributed by atoms with Crippen molar-refractivity contribution in [2.45, 2.75) is 19.5 Å². The Bertz CT molecular complexity index is 806. The third kappa shape index (κ3) is 5.16. The molecule has 1 aromatic heterocycles. The molecule has 1 aliphatic rings. The SMILES string of the molecule is O=C(Nc1cccc(OCC(=O)N2CCCC2)c1)c1sccc1OC(F)F. The largest absolute Gasteiger partial charge is 0.484 e. The first-order valence-corrected chi connectivity index (χ1v) is 9.25. The van der Waals surface area contributed by atoms with Gasteiger partial charge in [-0.1, -0.05) is 6.07 Å². The summed E-state index contributed by atoms with van der Waals surface area (Å²) in [6.07, 6.45) is 2.01. The molecule has 0 bridgehead atoms. The summed E-state index contributed by atoms with van der Waals surface area (Å²) in [5, 5.41) is 4.11. The van der Waals surface area contributed by atoms with Crippen molar-refractivity contribution in [2.24, 2.45) is 0 Å².